The fourth-order valence-corrected chi connectivity index (χ4v) is 4.86. The van der Waals surface area contributed by atoms with Gasteiger partial charge in [0.1, 0.15) is 35.1 Å². The predicted molar refractivity (Wildman–Crippen MR) is 170 cm³/mol. The van der Waals surface area contributed by atoms with E-state index < -0.39 is 71.6 Å². The van der Waals surface area contributed by atoms with E-state index in [4.69, 9.17) is 15.2 Å². The maximum Gasteiger partial charge on any atom is 0.408 e. The topological polar surface area (TPSA) is 177 Å². The SMILES string of the molecule is Cc1cc(C(C(=O)NC(Cc2ccccc2)C(=O)OC(C)(C)C)N(C(=O)C(CC(N)=O)NC(=O)OC(C)(C)C)C2CC2)ccc1O. The van der Waals surface area contributed by atoms with E-state index >= 15 is 0 Å². The Hall–Kier alpha value is -4.61. The van der Waals surface area contributed by atoms with Gasteiger partial charge in [-0.2, -0.15) is 0 Å². The van der Waals surface area contributed by atoms with Gasteiger partial charge in [-0.25, -0.2) is 9.59 Å². The number of phenols is 1. The molecule has 1 aliphatic rings. The zero-order chi connectivity index (χ0) is 34.4. The van der Waals surface area contributed by atoms with Crippen LogP contribution >= 0.6 is 0 Å². The second-order valence-corrected chi connectivity index (χ2v) is 13.6. The number of nitrogens with zero attached hydrogens (tertiary/aromatic N) is 1. The quantitative estimate of drug-likeness (QED) is 0.255. The van der Waals surface area contributed by atoms with Gasteiger partial charge in [0.25, 0.3) is 0 Å². The number of carbonyl (C=O) groups is 5. The number of aromatic hydroxyl groups is 1. The minimum Gasteiger partial charge on any atom is -0.508 e. The molecule has 2 aromatic carbocycles. The lowest BCUT2D eigenvalue weighted by molar-refractivity contribution is -0.159. The Bertz CT molecular complexity index is 1430. The molecule has 3 unspecified atom stereocenters. The summed E-state index contributed by atoms with van der Waals surface area (Å²) in [5.74, 6) is -2.93. The van der Waals surface area contributed by atoms with Crippen molar-refractivity contribution in [2.75, 3.05) is 0 Å². The second kappa shape index (κ2) is 14.7. The van der Waals surface area contributed by atoms with E-state index in [-0.39, 0.29) is 12.2 Å². The predicted octanol–water partition coefficient (Wildman–Crippen LogP) is 3.57. The summed E-state index contributed by atoms with van der Waals surface area (Å²) < 4.78 is 11.0. The summed E-state index contributed by atoms with van der Waals surface area (Å²) in [7, 11) is 0. The second-order valence-electron chi connectivity index (χ2n) is 13.6. The number of aryl methyl sites for hydroxylation is 1. The van der Waals surface area contributed by atoms with Crippen LogP contribution < -0.4 is 16.4 Å². The fourth-order valence-electron chi connectivity index (χ4n) is 4.86. The lowest BCUT2D eigenvalue weighted by atomic mass is 9.98. The maximum atomic E-state index is 14.4. The number of nitrogens with one attached hydrogen (secondary N) is 2. The first kappa shape index (κ1) is 35.9. The molecule has 2 aromatic rings. The number of phenolic OH excluding ortho intramolecular Hbond substituents is 1. The summed E-state index contributed by atoms with van der Waals surface area (Å²) in [6.45, 7) is 11.8. The summed E-state index contributed by atoms with van der Waals surface area (Å²) in [5.41, 5.74) is 5.32. The van der Waals surface area contributed by atoms with Gasteiger partial charge in [-0.05, 0) is 90.1 Å². The van der Waals surface area contributed by atoms with E-state index in [0.717, 1.165) is 5.56 Å². The minimum absolute atomic E-state index is 0.0129. The van der Waals surface area contributed by atoms with Gasteiger partial charge < -0.3 is 35.8 Å². The highest BCUT2D eigenvalue weighted by Crippen LogP contribution is 2.37. The van der Waals surface area contributed by atoms with Crippen molar-refractivity contribution < 1.29 is 38.6 Å². The molecule has 12 heteroatoms. The molecule has 1 fully saturated rings. The molecule has 3 rings (SSSR count). The number of amides is 4. The summed E-state index contributed by atoms with van der Waals surface area (Å²) in [6, 6.07) is 9.33. The van der Waals surface area contributed by atoms with Crippen LogP contribution in [-0.2, 0) is 35.1 Å². The van der Waals surface area contributed by atoms with Crippen LogP contribution in [0, 0.1) is 6.92 Å². The zero-order valence-corrected chi connectivity index (χ0v) is 27.6. The summed E-state index contributed by atoms with van der Waals surface area (Å²) in [5, 5.41) is 15.5. The van der Waals surface area contributed by atoms with Crippen molar-refractivity contribution in [1.29, 1.82) is 0 Å². The van der Waals surface area contributed by atoms with Gasteiger partial charge in [0, 0.05) is 12.5 Å². The van der Waals surface area contributed by atoms with Crippen molar-refractivity contribution in [2.45, 2.75) is 110 Å². The number of alkyl carbamates (subject to hydrolysis) is 1. The van der Waals surface area contributed by atoms with E-state index in [1.54, 1.807) is 54.5 Å². The number of hydrogen-bond acceptors (Lipinski definition) is 8. The number of benzene rings is 2. The molecule has 0 spiro atoms. The van der Waals surface area contributed by atoms with Crippen molar-refractivity contribution >= 4 is 29.8 Å². The monoisotopic (exact) mass is 638 g/mol. The van der Waals surface area contributed by atoms with Crippen LogP contribution in [0.3, 0.4) is 0 Å². The molecule has 5 N–H and O–H groups in total. The van der Waals surface area contributed by atoms with E-state index in [9.17, 15) is 29.1 Å². The molecule has 46 heavy (non-hydrogen) atoms. The normalized spacial score (nSPS) is 15.1. The first-order valence-electron chi connectivity index (χ1n) is 15.3. The maximum absolute atomic E-state index is 14.4. The van der Waals surface area contributed by atoms with Crippen LogP contribution in [-0.4, -0.2) is 69.1 Å². The van der Waals surface area contributed by atoms with Crippen LogP contribution in [0.25, 0.3) is 0 Å². The largest absolute Gasteiger partial charge is 0.508 e. The lowest BCUT2D eigenvalue weighted by Crippen LogP contribution is -2.56. The first-order chi connectivity index (χ1) is 21.3. The first-order valence-corrected chi connectivity index (χ1v) is 15.3. The summed E-state index contributed by atoms with van der Waals surface area (Å²) >= 11 is 0. The highest BCUT2D eigenvalue weighted by Gasteiger charge is 2.45. The highest BCUT2D eigenvalue weighted by atomic mass is 16.6. The van der Waals surface area contributed by atoms with Crippen LogP contribution in [0.1, 0.15) is 83.5 Å². The standard InChI is InChI=1S/C34H46N4O8/c1-20-17-22(13-16-26(20)39)28(29(41)36-25(31(43)45-33(2,3)4)18-21-11-9-8-10-12-21)38(23-14-15-23)30(42)24(19-27(35)40)37-32(44)46-34(5,6)7/h8-13,16-17,23-25,28,39H,14-15,18-19H2,1-7H3,(H2,35,40)(H,36,41)(H,37,44). The third-order valence-electron chi connectivity index (χ3n) is 6.94. The average molecular weight is 639 g/mol. The van der Waals surface area contributed by atoms with Crippen LogP contribution in [0.5, 0.6) is 5.75 Å². The molecule has 3 atom stereocenters. The number of carbonyl (C=O) groups excluding carboxylic acids is 5. The zero-order valence-electron chi connectivity index (χ0n) is 27.6. The molecule has 4 amide bonds. The summed E-state index contributed by atoms with van der Waals surface area (Å²) in [4.78, 5) is 68.1. The number of ether oxygens (including phenoxy) is 2. The molecular weight excluding hydrogens is 592 g/mol. The van der Waals surface area contributed by atoms with Crippen molar-refractivity contribution in [2.24, 2.45) is 5.73 Å². The van der Waals surface area contributed by atoms with Crippen LogP contribution in [0.15, 0.2) is 48.5 Å². The molecule has 0 radical (unpaired) electrons. The van der Waals surface area contributed by atoms with Gasteiger partial charge in [-0.3, -0.25) is 14.4 Å². The molecule has 0 aliphatic heterocycles. The molecular formula is C34H46N4O8. The number of esters is 1. The summed E-state index contributed by atoms with van der Waals surface area (Å²) in [6.07, 6.45) is -0.246. The third kappa shape index (κ3) is 10.8. The van der Waals surface area contributed by atoms with Crippen molar-refractivity contribution in [3.8, 4) is 5.75 Å². The molecule has 0 bridgehead atoms. The number of hydrogen-bond donors (Lipinski definition) is 4. The average Bonchev–Trinajstić information content (AvgIpc) is 3.76. The van der Waals surface area contributed by atoms with E-state index in [1.807, 2.05) is 30.3 Å². The molecule has 12 nitrogen and oxygen atoms in total. The molecule has 250 valence electrons. The van der Waals surface area contributed by atoms with Gasteiger partial charge in [0.05, 0.1) is 6.42 Å². The lowest BCUT2D eigenvalue weighted by Gasteiger charge is -2.35. The third-order valence-corrected chi connectivity index (χ3v) is 6.94. The van der Waals surface area contributed by atoms with E-state index in [2.05, 4.69) is 10.6 Å². The Morgan fingerprint density at radius 1 is 0.913 bits per heavy atom. The van der Waals surface area contributed by atoms with E-state index in [0.29, 0.717) is 24.0 Å². The molecule has 0 aromatic heterocycles. The Kier molecular flexibility index (Phi) is 11.4. The van der Waals surface area contributed by atoms with Gasteiger partial charge >= 0.3 is 12.1 Å². The smallest absolute Gasteiger partial charge is 0.408 e. The Labute approximate surface area is 270 Å². The van der Waals surface area contributed by atoms with Gasteiger partial charge in [-0.1, -0.05) is 36.4 Å². The Morgan fingerprint density at radius 2 is 1.52 bits per heavy atom. The van der Waals surface area contributed by atoms with Crippen LogP contribution in [0.2, 0.25) is 0 Å². The molecule has 1 saturated carbocycles. The Balaban J connectivity index is 2.06. The number of primary amides is 1. The van der Waals surface area contributed by atoms with Gasteiger partial charge in [-0.15, -0.1) is 0 Å². The van der Waals surface area contributed by atoms with E-state index in [1.165, 1.54) is 17.0 Å². The fraction of sp³-hybridized carbons (Fsp3) is 0.500. The molecule has 0 saturated heterocycles. The van der Waals surface area contributed by atoms with Crippen molar-refractivity contribution in [3.63, 3.8) is 0 Å². The van der Waals surface area contributed by atoms with Gasteiger partial charge in [0.15, 0.2) is 0 Å². The number of rotatable bonds is 12. The minimum atomic E-state index is -1.44. The number of nitrogens with two attached hydrogens (primary N) is 1. The Morgan fingerprint density at radius 3 is 2.04 bits per heavy atom. The van der Waals surface area contributed by atoms with Crippen LogP contribution in [0.4, 0.5) is 4.79 Å². The van der Waals surface area contributed by atoms with Gasteiger partial charge in [0.2, 0.25) is 17.7 Å². The highest BCUT2D eigenvalue weighted by molar-refractivity contribution is 5.96. The molecule has 1 aliphatic carbocycles. The molecule has 0 heterocycles. The van der Waals surface area contributed by atoms with Crippen molar-refractivity contribution in [1.82, 2.24) is 15.5 Å². The van der Waals surface area contributed by atoms with Crippen molar-refractivity contribution in [3.05, 3.63) is 65.2 Å².